The number of hydrogen-bond acceptors (Lipinski definition) is 5. The van der Waals surface area contributed by atoms with E-state index in [1.54, 1.807) is 12.1 Å². The summed E-state index contributed by atoms with van der Waals surface area (Å²) in [5.41, 5.74) is 2.16. The third-order valence-electron chi connectivity index (χ3n) is 4.41. The minimum atomic E-state index is -0.345. The van der Waals surface area contributed by atoms with Crippen LogP contribution in [0.25, 0.3) is 33.6 Å². The van der Waals surface area contributed by atoms with Gasteiger partial charge in [0.05, 0.1) is 6.61 Å². The average molecular weight is 397 g/mol. The summed E-state index contributed by atoms with van der Waals surface area (Å²) in [6.45, 7) is 1.93. The Morgan fingerprint density at radius 3 is 2.68 bits per heavy atom. The maximum Gasteiger partial charge on any atom is 0.302 e. The van der Waals surface area contributed by atoms with Gasteiger partial charge in [-0.05, 0) is 36.4 Å². The number of rotatable bonds is 5. The largest absolute Gasteiger partial charge is 0.466 e. The van der Waals surface area contributed by atoms with Crippen LogP contribution in [-0.4, -0.2) is 22.4 Å². The lowest BCUT2D eigenvalue weighted by Crippen LogP contribution is -2.18. The first-order valence-electron chi connectivity index (χ1n) is 8.86. The lowest BCUT2D eigenvalue weighted by molar-refractivity contribution is -0.141. The fourth-order valence-electron chi connectivity index (χ4n) is 3.14. The van der Waals surface area contributed by atoms with Gasteiger partial charge >= 0.3 is 5.97 Å². The minimum absolute atomic E-state index is 0.236. The van der Waals surface area contributed by atoms with Gasteiger partial charge in [-0.3, -0.25) is 9.59 Å². The molecule has 0 aliphatic carbocycles. The molecule has 2 aliphatic rings. The molecule has 0 bridgehead atoms. The van der Waals surface area contributed by atoms with Crippen molar-refractivity contribution < 1.29 is 13.9 Å². The van der Waals surface area contributed by atoms with Crippen LogP contribution in [0, 0.1) is 0 Å². The summed E-state index contributed by atoms with van der Waals surface area (Å²) in [5, 5.41) is 5.91. The minimum Gasteiger partial charge on any atom is -0.466 e. The number of carbonyl (C=O) groups excluding carboxylic acids is 1. The Labute approximate surface area is 165 Å². The number of nitrogens with zero attached hydrogens (tertiary/aromatic N) is 2. The number of esters is 1. The SMILES string of the molecule is CC(=O)OCCCn1nc2c3ccccc3oc(-c3ccc(Cl)cc3)c-2c1=O. The highest BCUT2D eigenvalue weighted by Crippen LogP contribution is 2.37. The van der Waals surface area contributed by atoms with E-state index in [9.17, 15) is 9.59 Å². The van der Waals surface area contributed by atoms with Gasteiger partial charge in [0.2, 0.25) is 0 Å². The van der Waals surface area contributed by atoms with Crippen LogP contribution in [-0.2, 0) is 16.1 Å². The Hall–Kier alpha value is -3.12. The molecule has 0 spiro atoms. The van der Waals surface area contributed by atoms with E-state index >= 15 is 0 Å². The normalized spacial score (nSPS) is 11.2. The van der Waals surface area contributed by atoms with Gasteiger partial charge in [-0.25, -0.2) is 4.68 Å². The fraction of sp³-hybridized carbons (Fsp3) is 0.190. The lowest BCUT2D eigenvalue weighted by atomic mass is 10.0. The molecule has 0 fully saturated rings. The molecule has 0 aromatic heterocycles. The van der Waals surface area contributed by atoms with Crippen molar-refractivity contribution in [3.8, 4) is 22.6 Å². The summed E-state index contributed by atoms with van der Waals surface area (Å²) in [5.74, 6) is 0.115. The molecule has 28 heavy (non-hydrogen) atoms. The summed E-state index contributed by atoms with van der Waals surface area (Å²) in [6.07, 6.45) is 0.494. The number of aryl methyl sites for hydroxylation is 1. The van der Waals surface area contributed by atoms with E-state index in [0.717, 1.165) is 10.9 Å². The smallest absolute Gasteiger partial charge is 0.302 e. The van der Waals surface area contributed by atoms with Crippen molar-refractivity contribution in [2.45, 2.75) is 19.9 Å². The third kappa shape index (κ3) is 3.39. The number of ether oxygens (including phenoxy) is 1. The number of benzene rings is 2. The molecule has 142 valence electrons. The highest BCUT2D eigenvalue weighted by Gasteiger charge is 2.25. The molecule has 0 atom stereocenters. The zero-order valence-corrected chi connectivity index (χ0v) is 15.9. The molecule has 0 unspecified atom stereocenters. The van der Waals surface area contributed by atoms with Crippen LogP contribution in [0.15, 0.2) is 57.7 Å². The van der Waals surface area contributed by atoms with Crippen molar-refractivity contribution in [3.05, 3.63) is 63.9 Å². The van der Waals surface area contributed by atoms with Gasteiger partial charge in [0.1, 0.15) is 22.6 Å². The number of fused-ring (bicyclic) bond motifs is 3. The van der Waals surface area contributed by atoms with Crippen molar-refractivity contribution >= 4 is 28.5 Å². The summed E-state index contributed by atoms with van der Waals surface area (Å²) >= 11 is 6.00. The molecule has 0 radical (unpaired) electrons. The molecule has 2 heterocycles. The highest BCUT2D eigenvalue weighted by molar-refractivity contribution is 6.30. The molecule has 2 aromatic rings. The van der Waals surface area contributed by atoms with Crippen LogP contribution in [0.3, 0.4) is 0 Å². The van der Waals surface area contributed by atoms with Crippen molar-refractivity contribution in [1.29, 1.82) is 0 Å². The molecule has 0 N–H and O–H groups in total. The average Bonchev–Trinajstić information content (AvgIpc) is 3.02. The molecule has 6 nitrogen and oxygen atoms in total. The summed E-state index contributed by atoms with van der Waals surface area (Å²) in [7, 11) is 0. The second kappa shape index (κ2) is 7.48. The Morgan fingerprint density at radius 1 is 1.18 bits per heavy atom. The Kier molecular flexibility index (Phi) is 4.88. The Bertz CT molecular complexity index is 1180. The predicted octanol–water partition coefficient (Wildman–Crippen LogP) is 4.37. The fourth-order valence-corrected chi connectivity index (χ4v) is 3.26. The third-order valence-corrected chi connectivity index (χ3v) is 4.67. The molecule has 0 saturated carbocycles. The zero-order chi connectivity index (χ0) is 19.7. The van der Waals surface area contributed by atoms with Crippen molar-refractivity contribution in [3.63, 3.8) is 0 Å². The molecule has 2 aromatic carbocycles. The van der Waals surface area contributed by atoms with Crippen LogP contribution in [0.5, 0.6) is 0 Å². The van der Waals surface area contributed by atoms with Gasteiger partial charge in [-0.15, -0.1) is 0 Å². The maximum atomic E-state index is 13.1. The second-order valence-electron chi connectivity index (χ2n) is 6.38. The maximum absolute atomic E-state index is 13.1. The predicted molar refractivity (Wildman–Crippen MR) is 107 cm³/mol. The van der Waals surface area contributed by atoms with E-state index in [1.165, 1.54) is 11.6 Å². The molecule has 2 aliphatic heterocycles. The van der Waals surface area contributed by atoms with Crippen LogP contribution >= 0.6 is 11.6 Å². The summed E-state index contributed by atoms with van der Waals surface area (Å²) in [4.78, 5) is 24.0. The van der Waals surface area contributed by atoms with Crippen LogP contribution in [0.2, 0.25) is 5.02 Å². The highest BCUT2D eigenvalue weighted by atomic mass is 35.5. The van der Waals surface area contributed by atoms with E-state index in [-0.39, 0.29) is 18.1 Å². The van der Waals surface area contributed by atoms with Crippen LogP contribution in [0.1, 0.15) is 13.3 Å². The molecule has 0 amide bonds. The van der Waals surface area contributed by atoms with Crippen molar-refractivity contribution in [2.75, 3.05) is 6.61 Å². The standard InChI is InChI=1S/C21H17ClN2O4/c1-13(25)27-12-4-11-24-21(26)18-19(23-24)16-5-2-3-6-17(16)28-20(18)14-7-9-15(22)10-8-14/h2-3,5-10H,4,11-12H2,1H3. The zero-order valence-electron chi connectivity index (χ0n) is 15.1. The lowest BCUT2D eigenvalue weighted by Gasteiger charge is -2.08. The van der Waals surface area contributed by atoms with Crippen LogP contribution < -0.4 is 5.56 Å². The first-order chi connectivity index (χ1) is 13.5. The van der Waals surface area contributed by atoms with E-state index in [2.05, 4.69) is 5.10 Å². The van der Waals surface area contributed by atoms with Gasteiger partial charge < -0.3 is 9.15 Å². The van der Waals surface area contributed by atoms with Gasteiger partial charge in [0, 0.05) is 35.9 Å². The Morgan fingerprint density at radius 2 is 1.93 bits per heavy atom. The van der Waals surface area contributed by atoms with Gasteiger partial charge in [0.15, 0.2) is 0 Å². The number of hydrogen-bond donors (Lipinski definition) is 0. The van der Waals surface area contributed by atoms with Gasteiger partial charge in [-0.2, -0.15) is 5.10 Å². The van der Waals surface area contributed by atoms with E-state index in [1.807, 2.05) is 36.4 Å². The Balaban J connectivity index is 1.85. The van der Waals surface area contributed by atoms with E-state index in [0.29, 0.717) is 40.6 Å². The quantitative estimate of drug-likeness (QED) is 0.370. The van der Waals surface area contributed by atoms with Gasteiger partial charge in [-0.1, -0.05) is 23.7 Å². The molecular formula is C21H17ClN2O4. The van der Waals surface area contributed by atoms with E-state index in [4.69, 9.17) is 20.8 Å². The molecular weight excluding hydrogens is 380 g/mol. The first kappa shape index (κ1) is 18.3. The molecule has 0 saturated heterocycles. The monoisotopic (exact) mass is 396 g/mol. The first-order valence-corrected chi connectivity index (χ1v) is 9.24. The van der Waals surface area contributed by atoms with Gasteiger partial charge in [0.25, 0.3) is 5.56 Å². The number of aromatic nitrogens is 2. The second-order valence-corrected chi connectivity index (χ2v) is 6.82. The summed E-state index contributed by atoms with van der Waals surface area (Å²) in [6, 6.07) is 14.6. The van der Waals surface area contributed by atoms with Crippen LogP contribution in [0.4, 0.5) is 0 Å². The number of para-hydroxylation sites is 1. The number of carbonyl (C=O) groups is 1. The number of halogens is 1. The van der Waals surface area contributed by atoms with Crippen molar-refractivity contribution in [2.24, 2.45) is 0 Å². The topological polar surface area (TPSA) is 74.3 Å². The van der Waals surface area contributed by atoms with E-state index < -0.39 is 0 Å². The molecule has 7 heteroatoms. The summed E-state index contributed by atoms with van der Waals surface area (Å²) < 4.78 is 12.4. The molecule has 4 rings (SSSR count). The van der Waals surface area contributed by atoms with Crippen molar-refractivity contribution in [1.82, 2.24) is 9.78 Å².